The second-order valence-corrected chi connectivity index (χ2v) is 4.49. The van der Waals surface area contributed by atoms with E-state index in [1.54, 1.807) is 0 Å². The van der Waals surface area contributed by atoms with Crippen molar-refractivity contribution >= 4 is 17.6 Å². The van der Waals surface area contributed by atoms with Gasteiger partial charge in [0.05, 0.1) is 16.8 Å². The van der Waals surface area contributed by atoms with Gasteiger partial charge in [0.1, 0.15) is 11.6 Å². The molecule has 2 N–H and O–H groups in total. The van der Waals surface area contributed by atoms with Crippen molar-refractivity contribution in [3.63, 3.8) is 0 Å². The number of aromatic carboxylic acids is 1. The van der Waals surface area contributed by atoms with Crippen molar-refractivity contribution < 1.29 is 32.3 Å². The highest BCUT2D eigenvalue weighted by Gasteiger charge is 2.20. The van der Waals surface area contributed by atoms with E-state index < -0.39 is 46.8 Å². The Labute approximate surface area is 127 Å². The highest BCUT2D eigenvalue weighted by Crippen LogP contribution is 2.25. The van der Waals surface area contributed by atoms with Crippen molar-refractivity contribution in [1.82, 2.24) is 0 Å². The topological polar surface area (TPSA) is 66.4 Å². The van der Waals surface area contributed by atoms with Crippen LogP contribution in [0.15, 0.2) is 36.4 Å². The van der Waals surface area contributed by atoms with Crippen LogP contribution in [0.25, 0.3) is 0 Å². The molecule has 0 aliphatic heterocycles. The second kappa shape index (κ2) is 6.47. The number of carbonyl (C=O) groups is 2. The Kier molecular flexibility index (Phi) is 4.63. The second-order valence-electron chi connectivity index (χ2n) is 4.49. The number of hydrogen-bond acceptors (Lipinski definition) is 2. The number of rotatable bonds is 4. The molecule has 0 spiro atoms. The maximum atomic E-state index is 13.7. The lowest BCUT2D eigenvalue weighted by Gasteiger charge is -2.11. The number of alkyl halides is 2. The zero-order valence-corrected chi connectivity index (χ0v) is 11.3. The zero-order valence-electron chi connectivity index (χ0n) is 11.3. The van der Waals surface area contributed by atoms with Crippen LogP contribution in [-0.2, 0) is 0 Å². The van der Waals surface area contributed by atoms with Crippen molar-refractivity contribution in [2.45, 2.75) is 6.43 Å². The van der Waals surface area contributed by atoms with Gasteiger partial charge in [-0.05, 0) is 36.4 Å². The number of hydrogen-bond donors (Lipinski definition) is 2. The first-order chi connectivity index (χ1) is 10.8. The van der Waals surface area contributed by atoms with E-state index in [1.807, 2.05) is 5.32 Å². The highest BCUT2D eigenvalue weighted by atomic mass is 19.3. The molecular weight excluding hydrogens is 318 g/mol. The van der Waals surface area contributed by atoms with Crippen molar-refractivity contribution in [3.8, 4) is 0 Å². The summed E-state index contributed by atoms with van der Waals surface area (Å²) in [5.41, 5.74) is -2.10. The number of amides is 1. The first kappa shape index (κ1) is 16.5. The normalized spacial score (nSPS) is 10.7. The lowest BCUT2D eigenvalue weighted by Crippen LogP contribution is -2.16. The molecule has 0 bridgehead atoms. The first-order valence-corrected chi connectivity index (χ1v) is 6.21. The lowest BCUT2D eigenvalue weighted by molar-refractivity contribution is 0.0696. The van der Waals surface area contributed by atoms with Crippen LogP contribution in [0.1, 0.15) is 32.7 Å². The van der Waals surface area contributed by atoms with Crippen LogP contribution in [0.4, 0.5) is 23.2 Å². The van der Waals surface area contributed by atoms with Gasteiger partial charge >= 0.3 is 5.97 Å². The third-order valence-electron chi connectivity index (χ3n) is 2.96. The van der Waals surface area contributed by atoms with Gasteiger partial charge in [-0.1, -0.05) is 0 Å². The third kappa shape index (κ3) is 3.65. The molecular formula is C15H9F4NO3. The average molecular weight is 327 g/mol. The van der Waals surface area contributed by atoms with E-state index >= 15 is 0 Å². The van der Waals surface area contributed by atoms with Crippen LogP contribution in [0.5, 0.6) is 0 Å². The maximum absolute atomic E-state index is 13.7. The van der Waals surface area contributed by atoms with Gasteiger partial charge < -0.3 is 10.4 Å². The van der Waals surface area contributed by atoms with E-state index in [-0.39, 0.29) is 5.56 Å². The van der Waals surface area contributed by atoms with Crippen LogP contribution in [-0.4, -0.2) is 17.0 Å². The molecule has 0 heterocycles. The molecule has 2 rings (SSSR count). The van der Waals surface area contributed by atoms with E-state index in [1.165, 1.54) is 0 Å². The molecule has 0 atom stereocenters. The Morgan fingerprint density at radius 3 is 2.30 bits per heavy atom. The Morgan fingerprint density at radius 1 is 1.04 bits per heavy atom. The molecule has 0 radical (unpaired) electrons. The van der Waals surface area contributed by atoms with Crippen LogP contribution >= 0.6 is 0 Å². The average Bonchev–Trinajstić information content (AvgIpc) is 2.48. The summed E-state index contributed by atoms with van der Waals surface area (Å²) in [5.74, 6) is -4.47. The van der Waals surface area contributed by atoms with Crippen LogP contribution < -0.4 is 5.32 Å². The SMILES string of the molecule is O=C(O)c1ccc(NC(=O)c2cc(F)ccc2C(F)F)c(F)c1. The Hall–Kier alpha value is -2.90. The van der Waals surface area contributed by atoms with E-state index in [9.17, 15) is 27.2 Å². The molecule has 0 fully saturated rings. The molecule has 2 aromatic carbocycles. The Morgan fingerprint density at radius 2 is 1.74 bits per heavy atom. The number of carbonyl (C=O) groups excluding carboxylic acids is 1. The van der Waals surface area contributed by atoms with Gasteiger partial charge in [0, 0.05) is 5.56 Å². The fourth-order valence-corrected chi connectivity index (χ4v) is 1.85. The number of carboxylic acid groups (broad SMARTS) is 1. The zero-order chi connectivity index (χ0) is 17.1. The largest absolute Gasteiger partial charge is 0.478 e. The predicted octanol–water partition coefficient (Wildman–Crippen LogP) is 3.85. The lowest BCUT2D eigenvalue weighted by atomic mass is 10.1. The quantitative estimate of drug-likeness (QED) is 0.838. The molecule has 8 heteroatoms. The van der Waals surface area contributed by atoms with E-state index in [4.69, 9.17) is 5.11 Å². The van der Waals surface area contributed by atoms with Crippen LogP contribution in [0.2, 0.25) is 0 Å². The number of benzene rings is 2. The summed E-state index contributed by atoms with van der Waals surface area (Å²) in [6.45, 7) is 0. The summed E-state index contributed by atoms with van der Waals surface area (Å²) in [6.07, 6.45) is -3.02. The summed E-state index contributed by atoms with van der Waals surface area (Å²) in [5, 5.41) is 10.7. The minimum absolute atomic E-state index is 0.348. The van der Waals surface area contributed by atoms with Gasteiger partial charge in [-0.2, -0.15) is 0 Å². The summed E-state index contributed by atoms with van der Waals surface area (Å²) >= 11 is 0. The smallest absolute Gasteiger partial charge is 0.335 e. The van der Waals surface area contributed by atoms with Gasteiger partial charge in [0.25, 0.3) is 12.3 Å². The van der Waals surface area contributed by atoms with Gasteiger partial charge in [0.2, 0.25) is 0 Å². The van der Waals surface area contributed by atoms with Gasteiger partial charge in [0.15, 0.2) is 0 Å². The molecule has 2 aromatic rings. The molecule has 120 valence electrons. The number of anilines is 1. The standard InChI is InChI=1S/C15H9F4NO3/c16-8-2-3-9(13(18)19)10(6-8)14(21)20-12-4-1-7(15(22)23)5-11(12)17/h1-6,13H,(H,20,21)(H,22,23). The molecule has 0 unspecified atom stereocenters. The van der Waals surface area contributed by atoms with Crippen molar-refractivity contribution in [3.05, 3.63) is 64.7 Å². The summed E-state index contributed by atoms with van der Waals surface area (Å²) < 4.78 is 52.6. The molecule has 1 amide bonds. The van der Waals surface area contributed by atoms with Crippen molar-refractivity contribution in [2.75, 3.05) is 5.32 Å². The predicted molar refractivity (Wildman–Crippen MR) is 72.7 cm³/mol. The van der Waals surface area contributed by atoms with E-state index in [2.05, 4.69) is 0 Å². The summed E-state index contributed by atoms with van der Waals surface area (Å²) in [4.78, 5) is 22.7. The number of carboxylic acids is 1. The number of halogens is 4. The van der Waals surface area contributed by atoms with Gasteiger partial charge in [-0.25, -0.2) is 22.4 Å². The summed E-state index contributed by atoms with van der Waals surface area (Å²) in [6, 6.07) is 4.82. The minimum Gasteiger partial charge on any atom is -0.478 e. The summed E-state index contributed by atoms with van der Waals surface area (Å²) in [7, 11) is 0. The third-order valence-corrected chi connectivity index (χ3v) is 2.96. The molecule has 0 saturated heterocycles. The van der Waals surface area contributed by atoms with Crippen molar-refractivity contribution in [1.29, 1.82) is 0 Å². The Bertz CT molecular complexity index is 777. The van der Waals surface area contributed by atoms with Crippen LogP contribution in [0.3, 0.4) is 0 Å². The fraction of sp³-hybridized carbons (Fsp3) is 0.0667. The molecule has 23 heavy (non-hydrogen) atoms. The fourth-order valence-electron chi connectivity index (χ4n) is 1.85. The van der Waals surface area contributed by atoms with E-state index in [0.29, 0.717) is 12.1 Å². The minimum atomic E-state index is -3.02. The maximum Gasteiger partial charge on any atom is 0.335 e. The van der Waals surface area contributed by atoms with Crippen molar-refractivity contribution in [2.24, 2.45) is 0 Å². The Balaban J connectivity index is 2.33. The van der Waals surface area contributed by atoms with Crippen LogP contribution in [0, 0.1) is 11.6 Å². The molecule has 4 nitrogen and oxygen atoms in total. The van der Waals surface area contributed by atoms with Gasteiger partial charge in [-0.15, -0.1) is 0 Å². The van der Waals surface area contributed by atoms with Gasteiger partial charge in [-0.3, -0.25) is 4.79 Å². The van der Waals surface area contributed by atoms with E-state index in [0.717, 1.165) is 24.3 Å². The highest BCUT2D eigenvalue weighted by molar-refractivity contribution is 6.05. The molecule has 0 aliphatic carbocycles. The monoisotopic (exact) mass is 327 g/mol. The number of nitrogens with one attached hydrogen (secondary N) is 1. The first-order valence-electron chi connectivity index (χ1n) is 6.21. The molecule has 0 saturated carbocycles. The molecule has 0 aliphatic rings. The molecule has 0 aromatic heterocycles.